The Balaban J connectivity index is 2.40. The zero-order chi connectivity index (χ0) is 17.0. The van der Waals surface area contributed by atoms with Gasteiger partial charge in [0, 0.05) is 6.07 Å². The zero-order valence-corrected chi connectivity index (χ0v) is 13.2. The molecular weight excluding hydrogens is 326 g/mol. The van der Waals surface area contributed by atoms with Crippen LogP contribution in [0.1, 0.15) is 12.5 Å². The first-order valence-corrected chi connectivity index (χ1v) is 7.98. The Labute approximate surface area is 133 Å². The summed E-state index contributed by atoms with van der Waals surface area (Å²) in [6.45, 7) is 1.83. The minimum atomic E-state index is -4.39. The van der Waals surface area contributed by atoms with Gasteiger partial charge in [0.15, 0.2) is 11.5 Å². The van der Waals surface area contributed by atoms with E-state index in [2.05, 4.69) is 0 Å². The monoisotopic (exact) mass is 340 g/mol. The summed E-state index contributed by atoms with van der Waals surface area (Å²) in [5, 5.41) is 0. The number of benzene rings is 2. The van der Waals surface area contributed by atoms with E-state index in [-0.39, 0.29) is 11.5 Å². The highest BCUT2D eigenvalue weighted by Gasteiger charge is 2.21. The molecule has 0 saturated heterocycles. The molecule has 0 heterocycles. The summed E-state index contributed by atoms with van der Waals surface area (Å²) in [5.41, 5.74) is 0.783. The lowest BCUT2D eigenvalue weighted by Gasteiger charge is -2.11. The van der Waals surface area contributed by atoms with Crippen LogP contribution < -0.4 is 8.92 Å². The van der Waals surface area contributed by atoms with Gasteiger partial charge in [-0.25, -0.2) is 8.78 Å². The fourth-order valence-electron chi connectivity index (χ4n) is 1.89. The molecule has 0 aromatic heterocycles. The molecule has 2 aromatic carbocycles. The molecule has 2 rings (SSSR count). The van der Waals surface area contributed by atoms with Crippen molar-refractivity contribution in [1.29, 1.82) is 0 Å². The lowest BCUT2D eigenvalue weighted by atomic mass is 10.2. The van der Waals surface area contributed by atoms with Crippen molar-refractivity contribution in [1.82, 2.24) is 0 Å². The molecule has 0 aliphatic rings. The van der Waals surface area contributed by atoms with Crippen LogP contribution in [0.5, 0.6) is 11.5 Å². The van der Waals surface area contributed by atoms with Gasteiger partial charge in [-0.15, -0.1) is 0 Å². The Morgan fingerprint density at radius 1 is 1.00 bits per heavy atom. The normalized spacial score (nSPS) is 11.7. The molecule has 7 heteroatoms. The third-order valence-electron chi connectivity index (χ3n) is 2.87. The number of halogens is 2. The van der Waals surface area contributed by atoms with E-state index in [1.54, 1.807) is 18.2 Å². The number of ether oxygens (including phenoxy) is 1. The molecule has 0 N–H and O–H groups in total. The average molecular weight is 340 g/mol. The smallest absolute Gasteiger partial charge is 0.339 e. The van der Waals surface area contributed by atoms with E-state index in [1.165, 1.54) is 13.2 Å². The van der Waals surface area contributed by atoms with Crippen LogP contribution in [-0.4, -0.2) is 15.5 Å². The average Bonchev–Trinajstić information content (AvgIpc) is 2.48. The van der Waals surface area contributed by atoms with Crippen LogP contribution in [0.4, 0.5) is 8.78 Å². The Hall–Kier alpha value is -2.41. The van der Waals surface area contributed by atoms with Gasteiger partial charge in [0.1, 0.15) is 16.5 Å². The maximum Gasteiger partial charge on any atom is 0.339 e. The van der Waals surface area contributed by atoms with E-state index in [0.29, 0.717) is 18.2 Å². The fraction of sp³-hybridized carbons (Fsp3) is 0.125. The molecule has 0 saturated carbocycles. The zero-order valence-electron chi connectivity index (χ0n) is 12.4. The largest absolute Gasteiger partial charge is 0.493 e. The van der Waals surface area contributed by atoms with Crippen molar-refractivity contribution < 1.29 is 26.1 Å². The van der Waals surface area contributed by atoms with E-state index >= 15 is 0 Å². The molecule has 4 nitrogen and oxygen atoms in total. The van der Waals surface area contributed by atoms with Crippen molar-refractivity contribution in [3.05, 3.63) is 59.7 Å². The van der Waals surface area contributed by atoms with Gasteiger partial charge in [0.25, 0.3) is 0 Å². The SMILES string of the molecule is C/C=C/c1ccc(OS(=O)(=O)c2cc(F)cc(F)c2)c(OC)c1. The predicted molar refractivity (Wildman–Crippen MR) is 81.9 cm³/mol. The Morgan fingerprint density at radius 2 is 1.65 bits per heavy atom. The van der Waals surface area contributed by atoms with Crippen molar-refractivity contribution in [3.8, 4) is 11.5 Å². The van der Waals surface area contributed by atoms with E-state index in [4.69, 9.17) is 8.92 Å². The van der Waals surface area contributed by atoms with E-state index < -0.39 is 26.6 Å². The molecule has 23 heavy (non-hydrogen) atoms. The quantitative estimate of drug-likeness (QED) is 0.778. The molecule has 0 aliphatic heterocycles. The summed E-state index contributed by atoms with van der Waals surface area (Å²) in [6.07, 6.45) is 3.60. The highest BCUT2D eigenvalue weighted by atomic mass is 32.2. The van der Waals surface area contributed by atoms with Crippen molar-refractivity contribution >= 4 is 16.2 Å². The van der Waals surface area contributed by atoms with E-state index in [9.17, 15) is 17.2 Å². The molecule has 0 fully saturated rings. The van der Waals surface area contributed by atoms with E-state index in [0.717, 1.165) is 5.56 Å². The van der Waals surface area contributed by atoms with Gasteiger partial charge < -0.3 is 8.92 Å². The second kappa shape index (κ2) is 6.78. The summed E-state index contributed by atoms with van der Waals surface area (Å²) in [6, 6.07) is 6.54. The van der Waals surface area contributed by atoms with Gasteiger partial charge >= 0.3 is 10.1 Å². The molecule has 0 spiro atoms. The predicted octanol–water partition coefficient (Wildman–Crippen LogP) is 3.77. The highest BCUT2D eigenvalue weighted by molar-refractivity contribution is 7.87. The summed E-state index contributed by atoms with van der Waals surface area (Å²) in [7, 11) is -3.04. The maximum atomic E-state index is 13.2. The molecular formula is C16H14F2O4S. The van der Waals surface area contributed by atoms with Gasteiger partial charge in [0.05, 0.1) is 7.11 Å². The standard InChI is InChI=1S/C16H14F2O4S/c1-3-4-11-5-6-15(16(7-11)21-2)22-23(19,20)14-9-12(17)8-13(18)10-14/h3-10H,1-2H3/b4-3+. The minimum absolute atomic E-state index is 0.0783. The van der Waals surface area contributed by atoms with Crippen molar-refractivity contribution in [2.24, 2.45) is 0 Å². The first-order chi connectivity index (χ1) is 10.9. The lowest BCUT2D eigenvalue weighted by Crippen LogP contribution is -2.11. The second-order valence-corrected chi connectivity index (χ2v) is 6.10. The third-order valence-corrected chi connectivity index (χ3v) is 4.08. The van der Waals surface area contributed by atoms with Crippen LogP contribution in [0.2, 0.25) is 0 Å². The number of hydrogen-bond donors (Lipinski definition) is 0. The first-order valence-electron chi connectivity index (χ1n) is 6.57. The van der Waals surface area contributed by atoms with Crippen LogP contribution in [0.3, 0.4) is 0 Å². The third kappa shape index (κ3) is 4.07. The Bertz CT molecular complexity index is 825. The molecule has 0 amide bonds. The minimum Gasteiger partial charge on any atom is -0.493 e. The lowest BCUT2D eigenvalue weighted by molar-refractivity contribution is 0.390. The van der Waals surface area contributed by atoms with Gasteiger partial charge in [0.2, 0.25) is 0 Å². The number of methoxy groups -OCH3 is 1. The van der Waals surface area contributed by atoms with Crippen molar-refractivity contribution in [2.45, 2.75) is 11.8 Å². The van der Waals surface area contributed by atoms with Crippen LogP contribution in [0.15, 0.2) is 47.4 Å². The summed E-state index contributed by atoms with van der Waals surface area (Å²) < 4.78 is 60.7. The molecule has 2 aromatic rings. The second-order valence-electron chi connectivity index (χ2n) is 4.55. The van der Waals surface area contributed by atoms with Gasteiger partial charge in [-0.2, -0.15) is 8.42 Å². The molecule has 0 bridgehead atoms. The fourth-order valence-corrected chi connectivity index (χ4v) is 2.87. The Morgan fingerprint density at radius 3 is 2.22 bits per heavy atom. The van der Waals surface area contributed by atoms with Crippen LogP contribution in [-0.2, 0) is 10.1 Å². The highest BCUT2D eigenvalue weighted by Crippen LogP contribution is 2.31. The van der Waals surface area contributed by atoms with Crippen molar-refractivity contribution in [3.63, 3.8) is 0 Å². The molecule has 122 valence electrons. The van der Waals surface area contributed by atoms with Crippen molar-refractivity contribution in [2.75, 3.05) is 7.11 Å². The number of hydrogen-bond acceptors (Lipinski definition) is 4. The van der Waals surface area contributed by atoms with E-state index in [1.807, 2.05) is 13.0 Å². The van der Waals surface area contributed by atoms with Crippen LogP contribution >= 0.6 is 0 Å². The van der Waals surface area contributed by atoms with Gasteiger partial charge in [-0.1, -0.05) is 18.2 Å². The number of rotatable bonds is 5. The van der Waals surface area contributed by atoms with Crippen LogP contribution in [0.25, 0.3) is 6.08 Å². The Kier molecular flexibility index (Phi) is 5.00. The molecule has 0 atom stereocenters. The van der Waals surface area contributed by atoms with Crippen LogP contribution in [0, 0.1) is 11.6 Å². The maximum absolute atomic E-state index is 13.2. The summed E-state index contributed by atoms with van der Waals surface area (Å²) in [4.78, 5) is -0.616. The topological polar surface area (TPSA) is 52.6 Å². The first kappa shape index (κ1) is 17.0. The number of allylic oxidation sites excluding steroid dienone is 1. The van der Waals surface area contributed by atoms with Gasteiger partial charge in [-0.3, -0.25) is 0 Å². The summed E-state index contributed by atoms with van der Waals surface area (Å²) in [5.74, 6) is -1.92. The molecule has 0 unspecified atom stereocenters. The van der Waals surface area contributed by atoms with Gasteiger partial charge in [-0.05, 0) is 36.8 Å². The summed E-state index contributed by atoms with van der Waals surface area (Å²) >= 11 is 0. The molecule has 0 radical (unpaired) electrons. The molecule has 0 aliphatic carbocycles.